The van der Waals surface area contributed by atoms with Crippen LogP contribution in [0.25, 0.3) is 0 Å². The fraction of sp³-hybridized carbons (Fsp3) is 0.571. The zero-order valence-electron chi connectivity index (χ0n) is 10.6. The number of piperidine rings is 1. The normalized spacial score (nSPS) is 22.0. The summed E-state index contributed by atoms with van der Waals surface area (Å²) in [5.74, 6) is -0.104. The van der Waals surface area contributed by atoms with Crippen LogP contribution in [0.5, 0.6) is 0 Å². The maximum Gasteiger partial charge on any atom is 0.146 e. The van der Waals surface area contributed by atoms with Crippen LogP contribution in [-0.2, 0) is 0 Å². The Morgan fingerprint density at radius 1 is 1.50 bits per heavy atom. The predicted molar refractivity (Wildman–Crippen MR) is 69.1 cm³/mol. The Kier molecular flexibility index (Phi) is 4.19. The molecule has 100 valence electrons. The van der Waals surface area contributed by atoms with Crippen LogP contribution in [0.4, 0.5) is 10.1 Å². The molecule has 0 radical (unpaired) electrons. The molecule has 0 spiro atoms. The van der Waals surface area contributed by atoms with Crippen molar-refractivity contribution < 1.29 is 14.6 Å². The third kappa shape index (κ3) is 2.65. The summed E-state index contributed by atoms with van der Waals surface area (Å²) in [6.45, 7) is 3.20. The molecule has 1 aliphatic rings. The number of aliphatic hydroxyl groups excluding tert-OH is 2. The van der Waals surface area contributed by atoms with Gasteiger partial charge in [0.15, 0.2) is 0 Å². The molecule has 2 N–H and O–H groups in total. The molecule has 18 heavy (non-hydrogen) atoms. The van der Waals surface area contributed by atoms with Crippen molar-refractivity contribution in [3.63, 3.8) is 0 Å². The van der Waals surface area contributed by atoms with Gasteiger partial charge >= 0.3 is 0 Å². The first kappa shape index (κ1) is 13.3. The van der Waals surface area contributed by atoms with E-state index in [9.17, 15) is 14.6 Å². The van der Waals surface area contributed by atoms with E-state index in [1.54, 1.807) is 19.1 Å². The minimum absolute atomic E-state index is 0.134. The molecule has 0 saturated carbocycles. The van der Waals surface area contributed by atoms with Crippen LogP contribution in [-0.4, -0.2) is 29.9 Å². The van der Waals surface area contributed by atoms with Crippen molar-refractivity contribution in [2.24, 2.45) is 5.92 Å². The number of aliphatic hydroxyl groups is 2. The van der Waals surface area contributed by atoms with Gasteiger partial charge in [-0.2, -0.15) is 0 Å². The van der Waals surface area contributed by atoms with Crippen molar-refractivity contribution in [1.29, 1.82) is 0 Å². The highest BCUT2D eigenvalue weighted by Gasteiger charge is 2.24. The topological polar surface area (TPSA) is 43.7 Å². The molecule has 3 nitrogen and oxygen atoms in total. The van der Waals surface area contributed by atoms with Gasteiger partial charge in [0, 0.05) is 25.3 Å². The summed E-state index contributed by atoms with van der Waals surface area (Å²) in [7, 11) is 0. The lowest BCUT2D eigenvalue weighted by Gasteiger charge is -2.35. The number of benzene rings is 1. The molecule has 0 aliphatic carbocycles. The molecule has 0 bridgehead atoms. The van der Waals surface area contributed by atoms with Gasteiger partial charge in [-0.05, 0) is 31.7 Å². The van der Waals surface area contributed by atoms with Crippen LogP contribution in [0, 0.1) is 11.7 Å². The fourth-order valence-electron chi connectivity index (χ4n) is 2.62. The van der Waals surface area contributed by atoms with Gasteiger partial charge in [-0.3, -0.25) is 0 Å². The lowest BCUT2D eigenvalue weighted by atomic mass is 9.97. The maximum absolute atomic E-state index is 14.0. The highest BCUT2D eigenvalue weighted by molar-refractivity contribution is 5.56. The Balaban J connectivity index is 2.31. The molecular weight excluding hydrogens is 233 g/mol. The molecule has 0 amide bonds. The van der Waals surface area contributed by atoms with E-state index in [0.29, 0.717) is 17.8 Å². The van der Waals surface area contributed by atoms with E-state index < -0.39 is 6.10 Å². The molecule has 1 aliphatic heterocycles. The summed E-state index contributed by atoms with van der Waals surface area (Å²) in [6, 6.07) is 4.80. The van der Waals surface area contributed by atoms with Crippen molar-refractivity contribution in [2.75, 3.05) is 24.6 Å². The predicted octanol–water partition coefficient (Wildman–Crippen LogP) is 2.09. The molecule has 2 unspecified atom stereocenters. The number of hydrogen-bond acceptors (Lipinski definition) is 3. The molecule has 4 heteroatoms. The number of rotatable bonds is 3. The quantitative estimate of drug-likeness (QED) is 0.867. The van der Waals surface area contributed by atoms with Crippen LogP contribution in [0.1, 0.15) is 31.4 Å². The Morgan fingerprint density at radius 3 is 2.94 bits per heavy atom. The molecule has 1 heterocycles. The average molecular weight is 253 g/mol. The summed E-state index contributed by atoms with van der Waals surface area (Å²) in [5.41, 5.74) is 1.11. The highest BCUT2D eigenvalue weighted by atomic mass is 19.1. The third-order valence-electron chi connectivity index (χ3n) is 3.56. The largest absolute Gasteiger partial charge is 0.396 e. The summed E-state index contributed by atoms with van der Waals surface area (Å²) in [6.07, 6.45) is 1.23. The van der Waals surface area contributed by atoms with Gasteiger partial charge in [0.2, 0.25) is 0 Å². The molecule has 2 rings (SSSR count). The zero-order valence-corrected chi connectivity index (χ0v) is 10.6. The van der Waals surface area contributed by atoms with Crippen LogP contribution in [0.2, 0.25) is 0 Å². The van der Waals surface area contributed by atoms with Crippen LogP contribution in [0.15, 0.2) is 18.2 Å². The highest BCUT2D eigenvalue weighted by Crippen LogP contribution is 2.32. The smallest absolute Gasteiger partial charge is 0.146 e. The Morgan fingerprint density at radius 2 is 2.28 bits per heavy atom. The minimum Gasteiger partial charge on any atom is -0.396 e. The average Bonchev–Trinajstić information content (AvgIpc) is 2.38. The Labute approximate surface area is 107 Å². The zero-order chi connectivity index (χ0) is 13.1. The second-order valence-corrected chi connectivity index (χ2v) is 4.99. The van der Waals surface area contributed by atoms with Crippen molar-refractivity contribution in [3.05, 3.63) is 29.6 Å². The van der Waals surface area contributed by atoms with Crippen LogP contribution >= 0.6 is 0 Å². The maximum atomic E-state index is 14.0. The molecule has 0 aromatic heterocycles. The molecule has 1 aromatic rings. The molecule has 2 atom stereocenters. The summed E-state index contributed by atoms with van der Waals surface area (Å²) < 4.78 is 14.0. The molecule has 1 saturated heterocycles. The fourth-order valence-corrected chi connectivity index (χ4v) is 2.62. The first-order chi connectivity index (χ1) is 8.63. The molecular formula is C14H20FNO2. The first-order valence-corrected chi connectivity index (χ1v) is 6.45. The summed E-state index contributed by atoms with van der Waals surface area (Å²) >= 11 is 0. The van der Waals surface area contributed by atoms with Gasteiger partial charge in [-0.25, -0.2) is 4.39 Å². The van der Waals surface area contributed by atoms with Gasteiger partial charge in [-0.15, -0.1) is 0 Å². The van der Waals surface area contributed by atoms with Gasteiger partial charge in [0.25, 0.3) is 0 Å². The number of para-hydroxylation sites is 1. The van der Waals surface area contributed by atoms with Gasteiger partial charge in [0.1, 0.15) is 5.82 Å². The standard InChI is InChI=1S/C14H20FNO2/c1-10(18)12-5-2-6-13(15)14(12)16-7-3-4-11(8-16)9-17/h2,5-6,10-11,17-18H,3-4,7-9H2,1H3. The van der Waals surface area contributed by atoms with Gasteiger partial charge in [-0.1, -0.05) is 12.1 Å². The van der Waals surface area contributed by atoms with E-state index in [-0.39, 0.29) is 18.3 Å². The van der Waals surface area contributed by atoms with Crippen molar-refractivity contribution in [3.8, 4) is 0 Å². The lowest BCUT2D eigenvalue weighted by molar-refractivity contribution is 0.196. The van der Waals surface area contributed by atoms with E-state index in [2.05, 4.69) is 0 Å². The summed E-state index contributed by atoms with van der Waals surface area (Å²) in [4.78, 5) is 1.95. The lowest BCUT2D eigenvalue weighted by Crippen LogP contribution is -2.38. The van der Waals surface area contributed by atoms with Crippen molar-refractivity contribution in [2.45, 2.75) is 25.9 Å². The minimum atomic E-state index is -0.690. The number of halogens is 1. The molecule has 1 aromatic carbocycles. The van der Waals surface area contributed by atoms with Crippen LogP contribution < -0.4 is 4.90 Å². The second-order valence-electron chi connectivity index (χ2n) is 4.99. The van der Waals surface area contributed by atoms with Crippen LogP contribution in [0.3, 0.4) is 0 Å². The van der Waals surface area contributed by atoms with E-state index in [4.69, 9.17) is 0 Å². The van der Waals surface area contributed by atoms with Crippen molar-refractivity contribution in [1.82, 2.24) is 0 Å². The van der Waals surface area contributed by atoms with Gasteiger partial charge in [0.05, 0.1) is 11.8 Å². The van der Waals surface area contributed by atoms with Gasteiger partial charge < -0.3 is 15.1 Å². The first-order valence-electron chi connectivity index (χ1n) is 6.45. The monoisotopic (exact) mass is 253 g/mol. The molecule has 1 fully saturated rings. The van der Waals surface area contributed by atoms with E-state index in [1.807, 2.05) is 4.90 Å². The van der Waals surface area contributed by atoms with E-state index in [0.717, 1.165) is 19.4 Å². The SMILES string of the molecule is CC(O)c1cccc(F)c1N1CCCC(CO)C1. The summed E-state index contributed by atoms with van der Waals surface area (Å²) in [5, 5.41) is 19.0. The second kappa shape index (κ2) is 5.67. The number of anilines is 1. The number of hydrogen-bond donors (Lipinski definition) is 2. The third-order valence-corrected chi connectivity index (χ3v) is 3.56. The van der Waals surface area contributed by atoms with Crippen molar-refractivity contribution >= 4 is 5.69 Å². The number of nitrogens with zero attached hydrogens (tertiary/aromatic N) is 1. The van der Waals surface area contributed by atoms with E-state index in [1.165, 1.54) is 6.07 Å². The van der Waals surface area contributed by atoms with E-state index >= 15 is 0 Å². The Bertz CT molecular complexity index is 409. The Hall–Kier alpha value is -1.13.